The maximum absolute atomic E-state index is 12.8. The van der Waals surface area contributed by atoms with Crippen LogP contribution in [0.1, 0.15) is 29.9 Å². The Morgan fingerprint density at radius 2 is 1.84 bits per heavy atom. The van der Waals surface area contributed by atoms with Gasteiger partial charge in [0.25, 0.3) is 0 Å². The third kappa shape index (κ3) is 5.53. The van der Waals surface area contributed by atoms with Gasteiger partial charge in [-0.25, -0.2) is 0 Å². The third-order valence-corrected chi connectivity index (χ3v) is 5.54. The number of likely N-dealkylation sites (tertiary alicyclic amines) is 1. The van der Waals surface area contributed by atoms with Gasteiger partial charge in [-0.15, -0.1) is 0 Å². The second-order valence-electron chi connectivity index (χ2n) is 7.84. The second-order valence-corrected chi connectivity index (χ2v) is 7.84. The fourth-order valence-electron chi connectivity index (χ4n) is 3.76. The molecule has 6 nitrogen and oxygen atoms in total. The van der Waals surface area contributed by atoms with Gasteiger partial charge in [-0.3, -0.25) is 9.69 Å². The minimum Gasteiger partial charge on any atom is -0.352 e. The first-order chi connectivity index (χ1) is 15.4. The number of aromatic nitrogens is 2. The van der Waals surface area contributed by atoms with Crippen molar-refractivity contribution in [2.45, 2.75) is 32.1 Å². The average Bonchev–Trinajstić information content (AvgIpc) is 3.27. The molecule has 1 fully saturated rings. The van der Waals surface area contributed by atoms with Crippen molar-refractivity contribution in [1.29, 1.82) is 0 Å². The summed E-state index contributed by atoms with van der Waals surface area (Å²) in [6, 6.07) is 14.6. The highest BCUT2D eigenvalue weighted by Gasteiger charge is 2.30. The Labute approximate surface area is 183 Å². The van der Waals surface area contributed by atoms with E-state index in [2.05, 4.69) is 20.4 Å². The number of alkyl halides is 3. The first kappa shape index (κ1) is 22.0. The van der Waals surface area contributed by atoms with E-state index in [1.807, 2.05) is 30.3 Å². The van der Waals surface area contributed by atoms with Crippen molar-refractivity contribution in [3.05, 3.63) is 71.6 Å². The summed E-state index contributed by atoms with van der Waals surface area (Å²) < 4.78 is 43.8. The molecule has 9 heteroatoms. The Kier molecular flexibility index (Phi) is 6.55. The van der Waals surface area contributed by atoms with Crippen molar-refractivity contribution in [2.24, 2.45) is 5.92 Å². The Morgan fingerprint density at radius 1 is 1.09 bits per heavy atom. The van der Waals surface area contributed by atoms with Crippen LogP contribution >= 0.6 is 0 Å². The number of nitrogens with one attached hydrogen (secondary N) is 1. The molecule has 0 unspecified atom stereocenters. The van der Waals surface area contributed by atoms with Gasteiger partial charge in [0.05, 0.1) is 12.1 Å². The summed E-state index contributed by atoms with van der Waals surface area (Å²) in [6.07, 6.45) is -3.07. The molecular formula is C23H23F3N4O2. The average molecular weight is 444 g/mol. The number of rotatable bonds is 6. The number of piperidine rings is 1. The molecule has 0 bridgehead atoms. The van der Waals surface area contributed by atoms with Crippen LogP contribution in [-0.4, -0.2) is 34.0 Å². The van der Waals surface area contributed by atoms with Crippen molar-refractivity contribution in [2.75, 3.05) is 13.1 Å². The smallest absolute Gasteiger partial charge is 0.352 e. The van der Waals surface area contributed by atoms with Crippen LogP contribution in [0.3, 0.4) is 0 Å². The van der Waals surface area contributed by atoms with Crippen LogP contribution in [0.25, 0.3) is 11.4 Å². The highest BCUT2D eigenvalue weighted by atomic mass is 19.4. The van der Waals surface area contributed by atoms with Crippen LogP contribution in [0.5, 0.6) is 0 Å². The van der Waals surface area contributed by atoms with Gasteiger partial charge in [0.1, 0.15) is 0 Å². The SMILES string of the molecule is O=C(NCc1cccc(C(F)(F)F)c1)C1CCN(Cc2nc(-c3ccccc3)no2)CC1. The molecule has 0 saturated carbocycles. The van der Waals surface area contributed by atoms with Crippen molar-refractivity contribution in [3.63, 3.8) is 0 Å². The zero-order valence-corrected chi connectivity index (χ0v) is 17.3. The number of carbonyl (C=O) groups excluding carboxylic acids is 1. The maximum atomic E-state index is 12.8. The van der Waals surface area contributed by atoms with Gasteiger partial charge in [0, 0.05) is 18.0 Å². The van der Waals surface area contributed by atoms with Crippen LogP contribution < -0.4 is 5.32 Å². The van der Waals surface area contributed by atoms with E-state index in [0.717, 1.165) is 17.7 Å². The zero-order valence-electron chi connectivity index (χ0n) is 17.3. The van der Waals surface area contributed by atoms with E-state index in [-0.39, 0.29) is 18.4 Å². The lowest BCUT2D eigenvalue weighted by Crippen LogP contribution is -2.40. The van der Waals surface area contributed by atoms with Crippen LogP contribution in [0.4, 0.5) is 13.2 Å². The van der Waals surface area contributed by atoms with Gasteiger partial charge in [-0.2, -0.15) is 18.2 Å². The summed E-state index contributed by atoms with van der Waals surface area (Å²) in [6.45, 7) is 1.99. The normalized spacial score (nSPS) is 15.6. The molecule has 0 radical (unpaired) electrons. The van der Waals surface area contributed by atoms with Crippen LogP contribution in [0, 0.1) is 5.92 Å². The summed E-state index contributed by atoms with van der Waals surface area (Å²) in [4.78, 5) is 19.1. The molecular weight excluding hydrogens is 421 g/mol. The molecule has 0 spiro atoms. The minimum absolute atomic E-state index is 0.0766. The van der Waals surface area contributed by atoms with Gasteiger partial charge in [-0.05, 0) is 43.6 Å². The lowest BCUT2D eigenvalue weighted by atomic mass is 9.96. The number of amides is 1. The Bertz CT molecular complexity index is 1040. The molecule has 1 amide bonds. The minimum atomic E-state index is -4.40. The van der Waals surface area contributed by atoms with Crippen molar-refractivity contribution >= 4 is 5.91 Å². The van der Waals surface area contributed by atoms with E-state index in [0.29, 0.717) is 49.8 Å². The van der Waals surface area contributed by atoms with Gasteiger partial charge >= 0.3 is 6.18 Å². The van der Waals surface area contributed by atoms with Crippen LogP contribution in [-0.2, 0) is 24.1 Å². The van der Waals surface area contributed by atoms with E-state index in [4.69, 9.17) is 4.52 Å². The molecule has 3 aromatic rings. The number of hydrogen-bond acceptors (Lipinski definition) is 5. The van der Waals surface area contributed by atoms with E-state index >= 15 is 0 Å². The predicted octanol–water partition coefficient (Wildman–Crippen LogP) is 4.28. The molecule has 1 aromatic heterocycles. The summed E-state index contributed by atoms with van der Waals surface area (Å²) in [7, 11) is 0. The van der Waals surface area contributed by atoms with Gasteiger partial charge in [0.2, 0.25) is 17.6 Å². The first-order valence-corrected chi connectivity index (χ1v) is 10.4. The monoisotopic (exact) mass is 444 g/mol. The molecule has 0 atom stereocenters. The molecule has 2 aromatic carbocycles. The first-order valence-electron chi connectivity index (χ1n) is 10.4. The highest BCUT2D eigenvalue weighted by Crippen LogP contribution is 2.29. The number of hydrogen-bond donors (Lipinski definition) is 1. The molecule has 168 valence electrons. The lowest BCUT2D eigenvalue weighted by molar-refractivity contribution is -0.137. The molecule has 0 aliphatic carbocycles. The van der Waals surface area contributed by atoms with E-state index in [1.54, 1.807) is 6.07 Å². The fourth-order valence-corrected chi connectivity index (χ4v) is 3.76. The predicted molar refractivity (Wildman–Crippen MR) is 111 cm³/mol. The summed E-state index contributed by atoms with van der Waals surface area (Å²) in [5.74, 6) is 0.770. The Hall–Kier alpha value is -3.20. The number of benzene rings is 2. The van der Waals surface area contributed by atoms with E-state index in [9.17, 15) is 18.0 Å². The molecule has 32 heavy (non-hydrogen) atoms. The van der Waals surface area contributed by atoms with Crippen molar-refractivity contribution in [3.8, 4) is 11.4 Å². The standard InChI is InChI=1S/C23H23F3N4O2/c24-23(25,26)19-8-4-5-16(13-19)14-27-22(31)18-9-11-30(12-10-18)15-20-28-21(29-32-20)17-6-2-1-3-7-17/h1-8,13,18H,9-12,14-15H2,(H,27,31). The zero-order chi connectivity index (χ0) is 22.6. The Balaban J connectivity index is 1.24. The quantitative estimate of drug-likeness (QED) is 0.615. The van der Waals surface area contributed by atoms with E-state index in [1.165, 1.54) is 6.07 Å². The van der Waals surface area contributed by atoms with Crippen molar-refractivity contribution < 1.29 is 22.5 Å². The van der Waals surface area contributed by atoms with Crippen molar-refractivity contribution in [1.82, 2.24) is 20.4 Å². The topological polar surface area (TPSA) is 71.3 Å². The maximum Gasteiger partial charge on any atom is 0.416 e. The second kappa shape index (κ2) is 9.52. The highest BCUT2D eigenvalue weighted by molar-refractivity contribution is 5.78. The Morgan fingerprint density at radius 3 is 2.56 bits per heavy atom. The number of halogens is 3. The molecule has 1 aliphatic heterocycles. The lowest BCUT2D eigenvalue weighted by Gasteiger charge is -2.30. The fraction of sp³-hybridized carbons (Fsp3) is 0.348. The number of nitrogens with zero attached hydrogens (tertiary/aromatic N) is 3. The van der Waals surface area contributed by atoms with Gasteiger partial charge < -0.3 is 9.84 Å². The molecule has 4 rings (SSSR count). The molecule has 2 heterocycles. The van der Waals surface area contributed by atoms with Gasteiger partial charge in [-0.1, -0.05) is 47.6 Å². The molecule has 1 N–H and O–H groups in total. The van der Waals surface area contributed by atoms with E-state index < -0.39 is 11.7 Å². The molecule has 1 aliphatic rings. The van der Waals surface area contributed by atoms with Gasteiger partial charge in [0.15, 0.2) is 0 Å². The number of carbonyl (C=O) groups is 1. The van der Waals surface area contributed by atoms with Crippen LogP contribution in [0.15, 0.2) is 59.1 Å². The third-order valence-electron chi connectivity index (χ3n) is 5.54. The van der Waals surface area contributed by atoms with Crippen LogP contribution in [0.2, 0.25) is 0 Å². The summed E-state index contributed by atoms with van der Waals surface area (Å²) in [5, 5.41) is 6.79. The summed E-state index contributed by atoms with van der Waals surface area (Å²) in [5.41, 5.74) is 0.601. The molecule has 1 saturated heterocycles. The summed E-state index contributed by atoms with van der Waals surface area (Å²) >= 11 is 0. The largest absolute Gasteiger partial charge is 0.416 e.